The van der Waals surface area contributed by atoms with E-state index in [9.17, 15) is 14.4 Å². The number of para-hydroxylation sites is 1. The van der Waals surface area contributed by atoms with Crippen molar-refractivity contribution < 1.29 is 19.1 Å². The molecule has 0 atom stereocenters. The van der Waals surface area contributed by atoms with E-state index in [0.29, 0.717) is 23.6 Å². The SMILES string of the molecule is CCOc1ccc(/C=C(\NC(=O)c2ccccc2)C(=O)Nc2ccc(SCC(=O)Nc3ccc4c(c3)c3ccccc3n4CC)cc2)cc1. The van der Waals surface area contributed by atoms with Gasteiger partial charge in [0, 0.05) is 50.2 Å². The second-order valence-corrected chi connectivity index (χ2v) is 12.2. The van der Waals surface area contributed by atoms with Crippen molar-refractivity contribution >= 4 is 68.7 Å². The number of hydrogen-bond donors (Lipinski definition) is 3. The summed E-state index contributed by atoms with van der Waals surface area (Å²) in [6.45, 7) is 5.45. The fraction of sp³-hybridized carbons (Fsp3) is 0.125. The Hall–Kier alpha value is -5.80. The number of fused-ring (bicyclic) bond motifs is 3. The largest absolute Gasteiger partial charge is 0.494 e. The van der Waals surface area contributed by atoms with E-state index in [1.165, 1.54) is 17.3 Å². The van der Waals surface area contributed by atoms with Crippen LogP contribution in [0.25, 0.3) is 27.9 Å². The summed E-state index contributed by atoms with van der Waals surface area (Å²) in [5.74, 6) is -0.0463. The highest BCUT2D eigenvalue weighted by Gasteiger charge is 2.16. The summed E-state index contributed by atoms with van der Waals surface area (Å²) in [7, 11) is 0. The van der Waals surface area contributed by atoms with E-state index in [1.807, 2.05) is 73.7 Å². The molecule has 0 saturated heterocycles. The number of thioether (sulfide) groups is 1. The van der Waals surface area contributed by atoms with E-state index in [4.69, 9.17) is 4.74 Å². The zero-order chi connectivity index (χ0) is 34.2. The number of hydrogen-bond acceptors (Lipinski definition) is 5. The Balaban J connectivity index is 1.09. The van der Waals surface area contributed by atoms with Gasteiger partial charge in [-0.05, 0) is 98.3 Å². The second-order valence-electron chi connectivity index (χ2n) is 11.2. The molecular weight excluding hydrogens is 633 g/mol. The number of nitrogens with one attached hydrogen (secondary N) is 3. The lowest BCUT2D eigenvalue weighted by Gasteiger charge is -2.12. The number of ether oxygens (including phenoxy) is 1. The third kappa shape index (κ3) is 8.02. The number of aryl methyl sites for hydroxylation is 1. The maximum atomic E-state index is 13.4. The van der Waals surface area contributed by atoms with Gasteiger partial charge in [0.25, 0.3) is 11.8 Å². The molecule has 49 heavy (non-hydrogen) atoms. The van der Waals surface area contributed by atoms with E-state index in [0.717, 1.165) is 39.0 Å². The zero-order valence-electron chi connectivity index (χ0n) is 27.2. The molecule has 0 aliphatic carbocycles. The molecule has 6 aromatic rings. The molecular formula is C40H36N4O4S. The van der Waals surface area contributed by atoms with Gasteiger partial charge < -0.3 is 25.3 Å². The molecule has 3 amide bonds. The number of rotatable bonds is 12. The van der Waals surface area contributed by atoms with Crippen LogP contribution in [0, 0.1) is 0 Å². The predicted molar refractivity (Wildman–Crippen MR) is 199 cm³/mol. The van der Waals surface area contributed by atoms with E-state index < -0.39 is 11.8 Å². The molecule has 0 radical (unpaired) electrons. The number of carbonyl (C=O) groups excluding carboxylic acids is 3. The molecule has 5 aromatic carbocycles. The molecule has 0 aliphatic rings. The van der Waals surface area contributed by atoms with Crippen molar-refractivity contribution in [3.8, 4) is 5.75 Å². The Morgan fingerprint density at radius 2 is 1.43 bits per heavy atom. The molecule has 8 nitrogen and oxygen atoms in total. The molecule has 0 spiro atoms. The summed E-state index contributed by atoms with van der Waals surface area (Å²) in [6.07, 6.45) is 1.62. The smallest absolute Gasteiger partial charge is 0.272 e. The summed E-state index contributed by atoms with van der Waals surface area (Å²) >= 11 is 1.40. The number of anilines is 2. The van der Waals surface area contributed by atoms with Gasteiger partial charge >= 0.3 is 0 Å². The lowest BCUT2D eigenvalue weighted by molar-refractivity contribution is -0.114. The van der Waals surface area contributed by atoms with E-state index >= 15 is 0 Å². The highest BCUT2D eigenvalue weighted by atomic mass is 32.2. The van der Waals surface area contributed by atoms with Crippen LogP contribution in [0.4, 0.5) is 11.4 Å². The van der Waals surface area contributed by atoms with E-state index in [-0.39, 0.29) is 17.4 Å². The predicted octanol–water partition coefficient (Wildman–Crippen LogP) is 8.35. The first-order chi connectivity index (χ1) is 23.9. The minimum Gasteiger partial charge on any atom is -0.494 e. The average molecular weight is 669 g/mol. The van der Waals surface area contributed by atoms with E-state index in [2.05, 4.69) is 45.6 Å². The molecule has 0 saturated carbocycles. The van der Waals surface area contributed by atoms with Crippen LogP contribution in [0.15, 0.2) is 132 Å². The van der Waals surface area contributed by atoms with Crippen molar-refractivity contribution in [1.82, 2.24) is 9.88 Å². The number of carbonyl (C=O) groups is 3. The van der Waals surface area contributed by atoms with Gasteiger partial charge in [-0.3, -0.25) is 14.4 Å². The monoisotopic (exact) mass is 668 g/mol. The Labute approximate surface area is 289 Å². The maximum Gasteiger partial charge on any atom is 0.272 e. The molecule has 1 aromatic heterocycles. The fourth-order valence-electron chi connectivity index (χ4n) is 5.59. The lowest BCUT2D eigenvalue weighted by atomic mass is 10.1. The molecule has 3 N–H and O–H groups in total. The standard InChI is InChI=1S/C40H36N4O4S/c1-3-44-36-13-9-8-12-33(36)34-25-30(18-23-37(34)44)41-38(45)26-49-32-21-16-29(17-22-32)42-40(47)35(43-39(46)28-10-6-5-7-11-28)24-27-14-19-31(20-15-27)48-4-2/h5-25H,3-4,26H2,1-2H3,(H,41,45)(H,42,47)(H,43,46)/b35-24-. The van der Waals surface area contributed by atoms with Crippen LogP contribution in [0.2, 0.25) is 0 Å². The van der Waals surface area contributed by atoms with Gasteiger partial charge in [0.1, 0.15) is 11.4 Å². The number of nitrogens with zero attached hydrogens (tertiary/aromatic N) is 1. The number of benzene rings is 5. The summed E-state index contributed by atoms with van der Waals surface area (Å²) in [6, 6.07) is 37.5. The molecule has 0 bridgehead atoms. The van der Waals surface area contributed by atoms with Crippen LogP contribution >= 0.6 is 11.8 Å². The molecule has 0 aliphatic heterocycles. The summed E-state index contributed by atoms with van der Waals surface area (Å²) < 4.78 is 7.79. The Morgan fingerprint density at radius 1 is 0.735 bits per heavy atom. The first-order valence-electron chi connectivity index (χ1n) is 16.1. The van der Waals surface area contributed by atoms with Gasteiger partial charge in [-0.15, -0.1) is 11.8 Å². The highest BCUT2D eigenvalue weighted by Crippen LogP contribution is 2.31. The lowest BCUT2D eigenvalue weighted by Crippen LogP contribution is -2.30. The minimum absolute atomic E-state index is 0.0885. The highest BCUT2D eigenvalue weighted by molar-refractivity contribution is 8.00. The van der Waals surface area contributed by atoms with Crippen LogP contribution in [0.3, 0.4) is 0 Å². The average Bonchev–Trinajstić information content (AvgIpc) is 3.45. The van der Waals surface area contributed by atoms with Crippen LogP contribution in [-0.4, -0.2) is 34.6 Å². The summed E-state index contributed by atoms with van der Waals surface area (Å²) in [5.41, 5.74) is 4.86. The number of aromatic nitrogens is 1. The Bertz CT molecular complexity index is 2140. The van der Waals surface area contributed by atoms with Gasteiger partial charge in [0.15, 0.2) is 0 Å². The second kappa shape index (κ2) is 15.4. The third-order valence-electron chi connectivity index (χ3n) is 7.89. The molecule has 246 valence electrons. The Kier molecular flexibility index (Phi) is 10.4. The molecule has 6 rings (SSSR count). The third-order valence-corrected chi connectivity index (χ3v) is 8.90. The van der Waals surface area contributed by atoms with Gasteiger partial charge in [-0.25, -0.2) is 0 Å². The molecule has 0 unspecified atom stereocenters. The van der Waals surface area contributed by atoms with Gasteiger partial charge in [-0.2, -0.15) is 0 Å². The normalized spacial score (nSPS) is 11.3. The topological polar surface area (TPSA) is 101 Å². The van der Waals surface area contributed by atoms with Gasteiger partial charge in [-0.1, -0.05) is 48.5 Å². The van der Waals surface area contributed by atoms with Gasteiger partial charge in [0.2, 0.25) is 5.91 Å². The van der Waals surface area contributed by atoms with Crippen molar-refractivity contribution in [2.24, 2.45) is 0 Å². The van der Waals surface area contributed by atoms with Crippen LogP contribution in [-0.2, 0) is 16.1 Å². The maximum absolute atomic E-state index is 13.4. The van der Waals surface area contributed by atoms with Crippen LogP contribution < -0.4 is 20.7 Å². The van der Waals surface area contributed by atoms with Gasteiger partial charge in [0.05, 0.1) is 12.4 Å². The van der Waals surface area contributed by atoms with Crippen molar-refractivity contribution in [2.75, 3.05) is 23.0 Å². The first kappa shape index (κ1) is 33.1. The summed E-state index contributed by atoms with van der Waals surface area (Å²) in [5, 5.41) is 10.9. The molecule has 0 fully saturated rings. The van der Waals surface area contributed by atoms with Crippen molar-refractivity contribution in [3.05, 3.63) is 138 Å². The summed E-state index contributed by atoms with van der Waals surface area (Å²) in [4.78, 5) is 40.1. The fourth-order valence-corrected chi connectivity index (χ4v) is 6.29. The van der Waals surface area contributed by atoms with E-state index in [1.54, 1.807) is 42.5 Å². The van der Waals surface area contributed by atoms with Crippen molar-refractivity contribution in [3.63, 3.8) is 0 Å². The number of amides is 3. The quantitative estimate of drug-likeness (QED) is 0.0899. The Morgan fingerprint density at radius 3 is 2.16 bits per heavy atom. The van der Waals surface area contributed by atoms with Crippen molar-refractivity contribution in [2.45, 2.75) is 25.3 Å². The molecule has 9 heteroatoms. The zero-order valence-corrected chi connectivity index (χ0v) is 28.1. The van der Waals surface area contributed by atoms with Crippen LogP contribution in [0.5, 0.6) is 5.75 Å². The minimum atomic E-state index is -0.475. The van der Waals surface area contributed by atoms with Crippen molar-refractivity contribution in [1.29, 1.82) is 0 Å². The first-order valence-corrected chi connectivity index (χ1v) is 17.1. The van der Waals surface area contributed by atoms with Crippen LogP contribution in [0.1, 0.15) is 29.8 Å². The molecule has 1 heterocycles.